The predicted octanol–water partition coefficient (Wildman–Crippen LogP) is 8.22. The molecule has 0 radical (unpaired) electrons. The third kappa shape index (κ3) is 5.36. The fourth-order valence-electron chi connectivity index (χ4n) is 9.85. The highest BCUT2D eigenvalue weighted by Gasteiger charge is 2.67. The van der Waals surface area contributed by atoms with Crippen molar-refractivity contribution in [2.75, 3.05) is 5.75 Å². The van der Waals surface area contributed by atoms with E-state index in [2.05, 4.69) is 38.1 Å². The number of esters is 1. The molecule has 8 heteroatoms. The van der Waals surface area contributed by atoms with Crippen molar-refractivity contribution in [3.63, 3.8) is 0 Å². The van der Waals surface area contributed by atoms with Crippen LogP contribution in [-0.2, 0) is 14.8 Å². The Bertz CT molecular complexity index is 1460. The Hall–Kier alpha value is -2.19. The lowest BCUT2D eigenvalue weighted by Gasteiger charge is -2.46. The van der Waals surface area contributed by atoms with Gasteiger partial charge in [0.25, 0.3) is 0 Å². The number of hydrogen-bond acceptors (Lipinski definition) is 6. The first kappa shape index (κ1) is 31.8. The monoisotopic (exact) mass is 624 g/mol. The topological polar surface area (TPSA) is 89.7 Å². The number of benzene rings is 1. The van der Waals surface area contributed by atoms with Gasteiger partial charge >= 0.3 is 5.97 Å². The summed E-state index contributed by atoms with van der Waals surface area (Å²) in [6.45, 7) is 12.3. The molecule has 0 saturated heterocycles. The van der Waals surface area contributed by atoms with Crippen LogP contribution in [0.15, 0.2) is 16.7 Å². The van der Waals surface area contributed by atoms with Crippen molar-refractivity contribution >= 4 is 16.0 Å². The van der Waals surface area contributed by atoms with Crippen LogP contribution in [0.4, 0.5) is 0 Å². The first-order valence-electron chi connectivity index (χ1n) is 17.1. The van der Waals surface area contributed by atoms with Crippen LogP contribution in [0.5, 0.6) is 0 Å². The molecule has 4 aliphatic carbocycles. The molecule has 0 aliphatic heterocycles. The van der Waals surface area contributed by atoms with Gasteiger partial charge in [-0.2, -0.15) is 4.31 Å². The van der Waals surface area contributed by atoms with Crippen LogP contribution < -0.4 is 0 Å². The van der Waals surface area contributed by atoms with E-state index in [0.717, 1.165) is 86.5 Å². The minimum absolute atomic E-state index is 0.0557. The van der Waals surface area contributed by atoms with Crippen LogP contribution in [0.3, 0.4) is 0 Å². The largest absolute Gasteiger partial charge is 0.458 e. The van der Waals surface area contributed by atoms with E-state index in [4.69, 9.17) is 9.26 Å². The van der Waals surface area contributed by atoms with E-state index in [1.165, 1.54) is 12.8 Å². The van der Waals surface area contributed by atoms with Crippen LogP contribution in [0.2, 0.25) is 0 Å². The predicted molar refractivity (Wildman–Crippen MR) is 173 cm³/mol. The first-order chi connectivity index (χ1) is 20.9. The molecule has 4 saturated carbocycles. The van der Waals surface area contributed by atoms with Gasteiger partial charge in [0.2, 0.25) is 10.0 Å². The minimum atomic E-state index is -3.61. The normalized spacial score (nSPS) is 27.7. The van der Waals surface area contributed by atoms with Crippen molar-refractivity contribution in [1.82, 2.24) is 9.46 Å². The van der Waals surface area contributed by atoms with Gasteiger partial charge in [0, 0.05) is 23.1 Å². The van der Waals surface area contributed by atoms with Crippen molar-refractivity contribution in [2.24, 2.45) is 16.7 Å². The second-order valence-electron chi connectivity index (χ2n) is 15.1. The van der Waals surface area contributed by atoms with Gasteiger partial charge in [-0.15, -0.1) is 0 Å². The summed E-state index contributed by atoms with van der Waals surface area (Å²) < 4.78 is 43.6. The van der Waals surface area contributed by atoms with E-state index in [1.807, 2.05) is 18.2 Å². The summed E-state index contributed by atoms with van der Waals surface area (Å²) in [4.78, 5) is 14.1. The Morgan fingerprint density at radius 2 is 1.50 bits per heavy atom. The van der Waals surface area contributed by atoms with Crippen molar-refractivity contribution < 1.29 is 22.5 Å². The maximum atomic E-state index is 14.8. The van der Waals surface area contributed by atoms with Gasteiger partial charge in [-0.05, 0) is 95.1 Å². The number of aromatic nitrogens is 1. The zero-order valence-electron chi connectivity index (χ0n) is 27.7. The Labute approximate surface area is 264 Å². The summed E-state index contributed by atoms with van der Waals surface area (Å²) in [5, 5.41) is 4.33. The lowest BCUT2D eigenvalue weighted by atomic mass is 9.69. The molecule has 242 valence electrons. The van der Waals surface area contributed by atoms with Crippen LogP contribution in [0.1, 0.15) is 130 Å². The number of aryl methyl sites for hydroxylation is 4. The van der Waals surface area contributed by atoms with E-state index < -0.39 is 27.5 Å². The first-order valence-corrected chi connectivity index (χ1v) is 18.7. The van der Waals surface area contributed by atoms with Gasteiger partial charge in [0.1, 0.15) is 23.1 Å². The van der Waals surface area contributed by atoms with Gasteiger partial charge < -0.3 is 9.26 Å². The minimum Gasteiger partial charge on any atom is -0.458 e. The van der Waals surface area contributed by atoms with Gasteiger partial charge in [-0.25, -0.2) is 13.2 Å². The smallest absolute Gasteiger partial charge is 0.344 e. The van der Waals surface area contributed by atoms with Crippen molar-refractivity contribution in [3.8, 4) is 11.3 Å². The molecule has 4 fully saturated rings. The Morgan fingerprint density at radius 1 is 0.932 bits per heavy atom. The molecule has 1 aromatic carbocycles. The SMILES string of the molecule is Cc1cc(C)c(-c2noc(C)c2C(=O)O[C@H]2C[C@@H]3CC[C@@]2(CS(=O)(=O)N(C2CCCCC2)C2CCCCC2)C3(C)C)c(C)c1. The van der Waals surface area contributed by atoms with Gasteiger partial charge in [-0.1, -0.05) is 75.2 Å². The number of ether oxygens (including phenoxy) is 1. The highest BCUT2D eigenvalue weighted by atomic mass is 32.2. The molecule has 0 amide bonds. The summed E-state index contributed by atoms with van der Waals surface area (Å²) in [6.07, 6.45) is 12.6. The molecule has 1 heterocycles. The fourth-order valence-corrected chi connectivity index (χ4v) is 12.7. The molecule has 44 heavy (non-hydrogen) atoms. The lowest BCUT2D eigenvalue weighted by molar-refractivity contribution is -0.0235. The molecule has 0 N–H and O–H groups in total. The quantitative estimate of drug-likeness (QED) is 0.275. The molecule has 0 unspecified atom stereocenters. The molecule has 2 aromatic rings. The summed E-state index contributed by atoms with van der Waals surface area (Å²) in [6, 6.07) is 4.37. The summed E-state index contributed by atoms with van der Waals surface area (Å²) in [7, 11) is -3.61. The van der Waals surface area contributed by atoms with Crippen molar-refractivity contribution in [2.45, 2.75) is 143 Å². The Kier molecular flexibility index (Phi) is 8.57. The highest BCUT2D eigenvalue weighted by Crippen LogP contribution is 2.67. The summed E-state index contributed by atoms with van der Waals surface area (Å²) >= 11 is 0. The average molecular weight is 625 g/mol. The average Bonchev–Trinajstić information content (AvgIpc) is 3.51. The standard InChI is InChI=1S/C36H52N2O5S/c1-23-19-24(2)31(25(3)20-23)33-32(26(4)43-37-33)34(39)42-30-21-27-17-18-36(30,35(27,5)6)22-44(40,41)38(28-13-9-7-10-14-28)29-15-11-8-12-16-29/h19-20,27-30H,7-18,21-22H2,1-6H3/t27-,30-,36-/m0/s1. The second-order valence-corrected chi connectivity index (χ2v) is 17.0. The fraction of sp³-hybridized carbons (Fsp3) is 0.722. The Morgan fingerprint density at radius 3 is 2.05 bits per heavy atom. The molecule has 7 nitrogen and oxygen atoms in total. The molecule has 4 aliphatic rings. The molecule has 6 rings (SSSR count). The van der Waals surface area contributed by atoms with Gasteiger partial charge in [-0.3, -0.25) is 0 Å². The molecular weight excluding hydrogens is 572 g/mol. The zero-order chi connectivity index (χ0) is 31.4. The molecule has 3 atom stereocenters. The van der Waals surface area contributed by atoms with Gasteiger partial charge in [0.15, 0.2) is 0 Å². The van der Waals surface area contributed by atoms with Crippen molar-refractivity contribution in [1.29, 1.82) is 0 Å². The molecule has 1 aromatic heterocycles. The van der Waals surface area contributed by atoms with Gasteiger partial charge in [0.05, 0.1) is 5.75 Å². The number of nitrogens with zero attached hydrogens (tertiary/aromatic N) is 2. The second kappa shape index (κ2) is 11.9. The van der Waals surface area contributed by atoms with Crippen LogP contribution in [-0.4, -0.2) is 47.8 Å². The molecule has 2 bridgehead atoms. The zero-order valence-corrected chi connectivity index (χ0v) is 28.5. The number of fused-ring (bicyclic) bond motifs is 2. The molecule has 0 spiro atoms. The Balaban J connectivity index is 1.32. The molecular formula is C36H52N2O5S. The highest BCUT2D eigenvalue weighted by molar-refractivity contribution is 7.89. The summed E-state index contributed by atoms with van der Waals surface area (Å²) in [5.41, 5.74) is 4.06. The van der Waals surface area contributed by atoms with Crippen LogP contribution in [0.25, 0.3) is 11.3 Å². The number of rotatable bonds is 8. The van der Waals surface area contributed by atoms with E-state index >= 15 is 0 Å². The number of carbonyl (C=O) groups excluding carboxylic acids is 1. The third-order valence-corrected chi connectivity index (χ3v) is 14.3. The van der Waals surface area contributed by atoms with Crippen molar-refractivity contribution in [3.05, 3.63) is 40.1 Å². The van der Waals surface area contributed by atoms with E-state index in [-0.39, 0.29) is 23.3 Å². The maximum Gasteiger partial charge on any atom is 0.344 e. The number of sulfonamides is 1. The summed E-state index contributed by atoms with van der Waals surface area (Å²) in [5.74, 6) is 0.340. The van der Waals surface area contributed by atoms with E-state index in [0.29, 0.717) is 29.4 Å². The van der Waals surface area contributed by atoms with Crippen LogP contribution in [0, 0.1) is 44.4 Å². The van der Waals surface area contributed by atoms with Crippen LogP contribution >= 0.6 is 0 Å². The van der Waals surface area contributed by atoms with E-state index in [1.54, 1.807) is 6.92 Å². The number of carbonyl (C=O) groups is 1. The maximum absolute atomic E-state index is 14.8. The third-order valence-electron chi connectivity index (χ3n) is 12.2. The lowest BCUT2D eigenvalue weighted by Crippen LogP contribution is -2.54. The van der Waals surface area contributed by atoms with E-state index in [9.17, 15) is 13.2 Å². The number of hydrogen-bond donors (Lipinski definition) is 0.